The topological polar surface area (TPSA) is 70.1 Å². The van der Waals surface area contributed by atoms with Gasteiger partial charge in [-0.05, 0) is 25.2 Å². The van der Waals surface area contributed by atoms with Crippen molar-refractivity contribution in [2.45, 2.75) is 26.2 Å². The lowest BCUT2D eigenvalue weighted by atomic mass is 10.4. The van der Waals surface area contributed by atoms with Gasteiger partial charge in [0.05, 0.1) is 6.61 Å². The van der Waals surface area contributed by atoms with E-state index in [1.165, 1.54) is 22.6 Å². The Kier molecular flexibility index (Phi) is 6.62. The third-order valence-electron chi connectivity index (χ3n) is 3.04. The highest BCUT2D eigenvalue weighted by molar-refractivity contribution is 5.80. The molecule has 2 amide bonds. The summed E-state index contributed by atoms with van der Waals surface area (Å²) in [6.45, 7) is 3.90. The predicted molar refractivity (Wildman–Crippen MR) is 71.1 cm³/mol. The molecule has 0 bridgehead atoms. The van der Waals surface area contributed by atoms with Crippen molar-refractivity contribution in [2.24, 2.45) is 5.92 Å². The van der Waals surface area contributed by atoms with E-state index in [0.717, 1.165) is 13.0 Å². The van der Waals surface area contributed by atoms with Crippen LogP contribution >= 0.6 is 0 Å². The van der Waals surface area contributed by atoms with Crippen LogP contribution in [0, 0.1) is 5.92 Å². The van der Waals surface area contributed by atoms with Gasteiger partial charge in [0.2, 0.25) is 0 Å². The number of urea groups is 1. The van der Waals surface area contributed by atoms with Crippen LogP contribution in [-0.4, -0.2) is 66.8 Å². The average Bonchev–Trinajstić information content (AvgIpc) is 3.16. The number of carboxylic acids is 1. The summed E-state index contributed by atoms with van der Waals surface area (Å²) in [5.74, 6) is -0.273. The molecule has 0 heterocycles. The van der Waals surface area contributed by atoms with Crippen molar-refractivity contribution < 1.29 is 19.4 Å². The van der Waals surface area contributed by atoms with E-state index < -0.39 is 5.97 Å². The van der Waals surface area contributed by atoms with Crippen LogP contribution in [0.4, 0.5) is 4.79 Å². The van der Waals surface area contributed by atoms with Gasteiger partial charge in [0.15, 0.2) is 0 Å². The highest BCUT2D eigenvalue weighted by atomic mass is 16.5. The lowest BCUT2D eigenvalue weighted by Crippen LogP contribution is -2.45. The summed E-state index contributed by atoms with van der Waals surface area (Å²) in [7, 11) is 1.67. The maximum absolute atomic E-state index is 12.0. The van der Waals surface area contributed by atoms with Gasteiger partial charge in [-0.3, -0.25) is 4.79 Å². The molecule has 0 aromatic heterocycles. The maximum Gasteiger partial charge on any atom is 0.323 e. The summed E-state index contributed by atoms with van der Waals surface area (Å²) in [6, 6.07) is -0.251. The number of amides is 2. The second kappa shape index (κ2) is 7.99. The molecule has 1 saturated carbocycles. The second-order valence-electron chi connectivity index (χ2n) is 5.04. The second-order valence-corrected chi connectivity index (χ2v) is 5.04. The Morgan fingerprint density at radius 2 is 2.00 bits per heavy atom. The summed E-state index contributed by atoms with van der Waals surface area (Å²) >= 11 is 0. The lowest BCUT2D eigenvalue weighted by Gasteiger charge is -2.26. The molecule has 19 heavy (non-hydrogen) atoms. The highest BCUT2D eigenvalue weighted by Gasteiger charge is 2.22. The number of hydrogen-bond acceptors (Lipinski definition) is 3. The molecule has 0 spiro atoms. The Bertz CT molecular complexity index is 305. The molecular weight excluding hydrogens is 248 g/mol. The Labute approximate surface area is 114 Å². The molecule has 0 aliphatic heterocycles. The summed E-state index contributed by atoms with van der Waals surface area (Å²) in [6.07, 6.45) is 3.24. The molecular formula is C13H24N2O4. The van der Waals surface area contributed by atoms with Crippen molar-refractivity contribution in [1.82, 2.24) is 9.80 Å². The third kappa shape index (κ3) is 6.42. The first-order chi connectivity index (χ1) is 9.04. The van der Waals surface area contributed by atoms with Gasteiger partial charge in [-0.25, -0.2) is 4.79 Å². The van der Waals surface area contributed by atoms with E-state index >= 15 is 0 Å². The van der Waals surface area contributed by atoms with Crippen LogP contribution in [0.15, 0.2) is 0 Å². The molecule has 0 saturated heterocycles. The van der Waals surface area contributed by atoms with Crippen molar-refractivity contribution in [3.05, 3.63) is 0 Å². The number of carbonyl (C=O) groups is 2. The van der Waals surface area contributed by atoms with Crippen LogP contribution in [-0.2, 0) is 9.53 Å². The smallest absolute Gasteiger partial charge is 0.323 e. The Hall–Kier alpha value is -1.30. The molecule has 1 aliphatic carbocycles. The number of likely N-dealkylation sites (N-methyl/N-ethyl adjacent to an activating group) is 1. The zero-order valence-corrected chi connectivity index (χ0v) is 11.8. The Balaban J connectivity index is 2.27. The fraction of sp³-hybridized carbons (Fsp3) is 0.846. The minimum atomic E-state index is -0.986. The normalized spacial score (nSPS) is 14.2. The van der Waals surface area contributed by atoms with Gasteiger partial charge in [-0.15, -0.1) is 0 Å². The number of rotatable bonds is 9. The first-order valence-corrected chi connectivity index (χ1v) is 6.84. The zero-order valence-electron chi connectivity index (χ0n) is 11.8. The summed E-state index contributed by atoms with van der Waals surface area (Å²) in [4.78, 5) is 25.6. The van der Waals surface area contributed by atoms with Crippen LogP contribution in [0.25, 0.3) is 0 Å². The van der Waals surface area contributed by atoms with E-state index in [-0.39, 0.29) is 12.6 Å². The van der Waals surface area contributed by atoms with Crippen LogP contribution in [0.5, 0.6) is 0 Å². The van der Waals surface area contributed by atoms with E-state index in [0.29, 0.717) is 25.6 Å². The van der Waals surface area contributed by atoms with Crippen LogP contribution in [0.3, 0.4) is 0 Å². The van der Waals surface area contributed by atoms with Crippen LogP contribution in [0.1, 0.15) is 26.2 Å². The van der Waals surface area contributed by atoms with Crippen molar-refractivity contribution in [3.63, 3.8) is 0 Å². The average molecular weight is 272 g/mol. The summed E-state index contributed by atoms with van der Waals surface area (Å²) in [5, 5.41) is 8.79. The molecule has 1 N–H and O–H groups in total. The van der Waals surface area contributed by atoms with Crippen LogP contribution < -0.4 is 0 Å². The van der Waals surface area contributed by atoms with E-state index in [9.17, 15) is 9.59 Å². The molecule has 0 aromatic rings. The van der Waals surface area contributed by atoms with Crippen molar-refractivity contribution in [1.29, 1.82) is 0 Å². The van der Waals surface area contributed by atoms with Crippen molar-refractivity contribution in [3.8, 4) is 0 Å². The van der Waals surface area contributed by atoms with E-state index in [4.69, 9.17) is 9.84 Å². The quantitative estimate of drug-likeness (QED) is 0.642. The molecule has 6 nitrogen and oxygen atoms in total. The fourth-order valence-corrected chi connectivity index (χ4v) is 1.75. The standard InChI is InChI=1S/C13H24N2O4/c1-3-6-15(9-12(16)17)13(18)14(2)7-8-19-10-11-4-5-11/h11H,3-10H2,1-2H3,(H,16,17). The van der Waals surface area contributed by atoms with E-state index in [2.05, 4.69) is 0 Å². The predicted octanol–water partition coefficient (Wildman–Crippen LogP) is 1.26. The minimum absolute atomic E-state index is 0.250. The number of carboxylic acid groups (broad SMARTS) is 1. The van der Waals surface area contributed by atoms with Gasteiger partial charge in [-0.2, -0.15) is 0 Å². The Morgan fingerprint density at radius 1 is 1.32 bits per heavy atom. The highest BCUT2D eigenvalue weighted by Crippen LogP contribution is 2.28. The van der Waals surface area contributed by atoms with Crippen LogP contribution in [0.2, 0.25) is 0 Å². The SMILES string of the molecule is CCCN(CC(=O)O)C(=O)N(C)CCOCC1CC1. The number of aliphatic carboxylic acids is 1. The van der Waals surface area contributed by atoms with Gasteiger partial charge in [0.1, 0.15) is 6.54 Å². The molecule has 0 unspecified atom stereocenters. The molecule has 0 aromatic carbocycles. The molecule has 1 aliphatic rings. The molecule has 6 heteroatoms. The monoisotopic (exact) mass is 272 g/mol. The van der Waals surface area contributed by atoms with Gasteiger partial charge < -0.3 is 19.6 Å². The first-order valence-electron chi connectivity index (χ1n) is 6.84. The van der Waals surface area contributed by atoms with Gasteiger partial charge >= 0.3 is 12.0 Å². The van der Waals surface area contributed by atoms with Crippen molar-refractivity contribution in [2.75, 3.05) is 39.9 Å². The molecule has 0 radical (unpaired) electrons. The Morgan fingerprint density at radius 3 is 2.53 bits per heavy atom. The number of hydrogen-bond donors (Lipinski definition) is 1. The number of ether oxygens (including phenoxy) is 1. The van der Waals surface area contributed by atoms with Crippen molar-refractivity contribution >= 4 is 12.0 Å². The zero-order chi connectivity index (χ0) is 14.3. The first kappa shape index (κ1) is 15.8. The van der Waals surface area contributed by atoms with E-state index in [1.54, 1.807) is 7.05 Å². The molecule has 1 rings (SSSR count). The number of nitrogens with zero attached hydrogens (tertiary/aromatic N) is 2. The largest absolute Gasteiger partial charge is 0.480 e. The molecule has 0 atom stereocenters. The van der Waals surface area contributed by atoms with Gasteiger partial charge in [0.25, 0.3) is 0 Å². The van der Waals surface area contributed by atoms with Gasteiger partial charge in [0, 0.05) is 26.7 Å². The lowest BCUT2D eigenvalue weighted by molar-refractivity contribution is -0.137. The number of carbonyl (C=O) groups excluding carboxylic acids is 1. The molecule has 110 valence electrons. The van der Waals surface area contributed by atoms with Gasteiger partial charge in [-0.1, -0.05) is 6.92 Å². The fourth-order valence-electron chi connectivity index (χ4n) is 1.75. The molecule has 1 fully saturated rings. The third-order valence-corrected chi connectivity index (χ3v) is 3.04. The summed E-state index contributed by atoms with van der Waals surface area (Å²) in [5.41, 5.74) is 0. The maximum atomic E-state index is 12.0. The minimum Gasteiger partial charge on any atom is -0.480 e. The van der Waals surface area contributed by atoms with E-state index in [1.807, 2.05) is 6.92 Å². The summed E-state index contributed by atoms with van der Waals surface area (Å²) < 4.78 is 5.47.